The van der Waals surface area contributed by atoms with E-state index < -0.39 is 0 Å². The Bertz CT molecular complexity index is 437. The number of nitrogens with one attached hydrogen (secondary N) is 1. The van der Waals surface area contributed by atoms with Crippen LogP contribution in [0.15, 0.2) is 42.5 Å². The van der Waals surface area contributed by atoms with Gasteiger partial charge < -0.3 is 5.32 Å². The molecule has 1 aromatic heterocycles. The second kappa shape index (κ2) is 5.30. The van der Waals surface area contributed by atoms with Gasteiger partial charge in [-0.1, -0.05) is 12.1 Å². The molecule has 0 amide bonds. The van der Waals surface area contributed by atoms with Gasteiger partial charge in [-0.2, -0.15) is 0 Å². The molecule has 16 heavy (non-hydrogen) atoms. The largest absolute Gasteiger partial charge is 0.379 e. The Labute approximate surface area is 109 Å². The van der Waals surface area contributed by atoms with Crippen LogP contribution in [0.25, 0.3) is 0 Å². The standard InChI is InChI=1S/C13H13IN2/c1-10-4-2-7-13(16-10)9-15-12-6-3-5-11(14)8-12/h2-8,15H,9H2,1H3. The molecule has 0 aliphatic rings. The minimum absolute atomic E-state index is 0.766. The van der Waals surface area contributed by atoms with Gasteiger partial charge in [0, 0.05) is 15.0 Å². The lowest BCUT2D eigenvalue weighted by Crippen LogP contribution is -2.02. The summed E-state index contributed by atoms with van der Waals surface area (Å²) in [5.74, 6) is 0. The highest BCUT2D eigenvalue weighted by Gasteiger charge is 1.96. The van der Waals surface area contributed by atoms with Crippen LogP contribution in [0.1, 0.15) is 11.4 Å². The molecule has 0 spiro atoms. The highest BCUT2D eigenvalue weighted by atomic mass is 127. The molecular formula is C13H13IN2. The average molecular weight is 324 g/mol. The number of rotatable bonds is 3. The molecule has 2 nitrogen and oxygen atoms in total. The van der Waals surface area contributed by atoms with Crippen molar-refractivity contribution in [1.29, 1.82) is 0 Å². The lowest BCUT2D eigenvalue weighted by atomic mass is 10.3. The Morgan fingerprint density at radius 1 is 1.19 bits per heavy atom. The van der Waals surface area contributed by atoms with Gasteiger partial charge in [-0.15, -0.1) is 0 Å². The van der Waals surface area contributed by atoms with E-state index in [2.05, 4.69) is 51.1 Å². The van der Waals surface area contributed by atoms with E-state index >= 15 is 0 Å². The van der Waals surface area contributed by atoms with Crippen LogP contribution in [0.2, 0.25) is 0 Å². The molecule has 0 fully saturated rings. The molecule has 0 saturated carbocycles. The summed E-state index contributed by atoms with van der Waals surface area (Å²) in [5, 5.41) is 3.36. The summed E-state index contributed by atoms with van der Waals surface area (Å²) in [5.41, 5.74) is 3.26. The van der Waals surface area contributed by atoms with E-state index in [1.165, 1.54) is 3.57 Å². The van der Waals surface area contributed by atoms with Crippen molar-refractivity contribution in [2.75, 3.05) is 5.32 Å². The van der Waals surface area contributed by atoms with Crippen LogP contribution in [-0.4, -0.2) is 4.98 Å². The first-order valence-electron chi connectivity index (χ1n) is 5.16. The zero-order chi connectivity index (χ0) is 11.4. The number of hydrogen-bond acceptors (Lipinski definition) is 2. The van der Waals surface area contributed by atoms with Crippen LogP contribution in [0, 0.1) is 10.5 Å². The molecule has 1 aromatic carbocycles. The maximum atomic E-state index is 4.45. The summed E-state index contributed by atoms with van der Waals surface area (Å²) in [6, 6.07) is 14.4. The number of nitrogens with zero attached hydrogens (tertiary/aromatic N) is 1. The third-order valence-electron chi connectivity index (χ3n) is 2.24. The molecule has 1 N–H and O–H groups in total. The number of benzene rings is 1. The fourth-order valence-electron chi connectivity index (χ4n) is 1.49. The Morgan fingerprint density at radius 2 is 2.00 bits per heavy atom. The van der Waals surface area contributed by atoms with Gasteiger partial charge >= 0.3 is 0 Å². The van der Waals surface area contributed by atoms with E-state index in [0.717, 1.165) is 23.6 Å². The zero-order valence-electron chi connectivity index (χ0n) is 9.07. The van der Waals surface area contributed by atoms with Crippen molar-refractivity contribution in [3.8, 4) is 0 Å². The van der Waals surface area contributed by atoms with Crippen LogP contribution in [0.4, 0.5) is 5.69 Å². The Hall–Kier alpha value is -1.10. The van der Waals surface area contributed by atoms with Crippen molar-refractivity contribution in [3.05, 3.63) is 57.4 Å². The first kappa shape index (κ1) is 11.4. The molecule has 3 heteroatoms. The summed E-state index contributed by atoms with van der Waals surface area (Å²) in [4.78, 5) is 4.45. The molecule has 0 saturated heterocycles. The van der Waals surface area contributed by atoms with Crippen molar-refractivity contribution in [2.24, 2.45) is 0 Å². The topological polar surface area (TPSA) is 24.9 Å². The molecular weight excluding hydrogens is 311 g/mol. The quantitative estimate of drug-likeness (QED) is 0.873. The third-order valence-corrected chi connectivity index (χ3v) is 2.92. The molecule has 0 bridgehead atoms. The first-order chi connectivity index (χ1) is 7.74. The van der Waals surface area contributed by atoms with Crippen LogP contribution in [0.5, 0.6) is 0 Å². The Morgan fingerprint density at radius 3 is 2.75 bits per heavy atom. The maximum Gasteiger partial charge on any atom is 0.0597 e. The molecule has 0 aliphatic heterocycles. The van der Waals surface area contributed by atoms with Gasteiger partial charge in [0.05, 0.1) is 12.2 Å². The van der Waals surface area contributed by atoms with Crippen LogP contribution < -0.4 is 5.32 Å². The van der Waals surface area contributed by atoms with E-state index in [1.807, 2.05) is 31.2 Å². The predicted molar refractivity (Wildman–Crippen MR) is 75.5 cm³/mol. The maximum absolute atomic E-state index is 4.45. The molecule has 0 radical (unpaired) electrons. The number of aryl methyl sites for hydroxylation is 1. The van der Waals surface area contributed by atoms with Gasteiger partial charge in [0.1, 0.15) is 0 Å². The van der Waals surface area contributed by atoms with E-state index in [1.54, 1.807) is 0 Å². The van der Waals surface area contributed by atoms with Gasteiger partial charge in [0.25, 0.3) is 0 Å². The summed E-state index contributed by atoms with van der Waals surface area (Å²) >= 11 is 2.31. The van der Waals surface area contributed by atoms with E-state index in [9.17, 15) is 0 Å². The van der Waals surface area contributed by atoms with Crippen molar-refractivity contribution >= 4 is 28.3 Å². The smallest absolute Gasteiger partial charge is 0.0597 e. The monoisotopic (exact) mass is 324 g/mol. The summed E-state index contributed by atoms with van der Waals surface area (Å²) in [7, 11) is 0. The lowest BCUT2D eigenvalue weighted by molar-refractivity contribution is 1.01. The van der Waals surface area contributed by atoms with Crippen molar-refractivity contribution in [3.63, 3.8) is 0 Å². The van der Waals surface area contributed by atoms with Gasteiger partial charge in [0.2, 0.25) is 0 Å². The molecule has 2 aromatic rings. The third kappa shape index (κ3) is 3.20. The second-order valence-electron chi connectivity index (χ2n) is 3.63. The molecule has 1 heterocycles. The predicted octanol–water partition coefficient (Wildman–Crippen LogP) is 3.61. The molecule has 0 atom stereocenters. The molecule has 82 valence electrons. The number of anilines is 1. The van der Waals surface area contributed by atoms with E-state index in [4.69, 9.17) is 0 Å². The van der Waals surface area contributed by atoms with Gasteiger partial charge in [-0.05, 0) is 59.8 Å². The summed E-state index contributed by atoms with van der Waals surface area (Å²) < 4.78 is 1.24. The Kier molecular flexibility index (Phi) is 3.77. The SMILES string of the molecule is Cc1cccc(CNc2cccc(I)c2)n1. The molecule has 0 unspecified atom stereocenters. The van der Waals surface area contributed by atoms with Crippen LogP contribution in [0.3, 0.4) is 0 Å². The van der Waals surface area contributed by atoms with Gasteiger partial charge in [-0.3, -0.25) is 4.98 Å². The van der Waals surface area contributed by atoms with E-state index in [-0.39, 0.29) is 0 Å². The average Bonchev–Trinajstić information content (AvgIpc) is 2.27. The lowest BCUT2D eigenvalue weighted by Gasteiger charge is -2.06. The summed E-state index contributed by atoms with van der Waals surface area (Å²) in [6.07, 6.45) is 0. The van der Waals surface area contributed by atoms with Gasteiger partial charge in [0.15, 0.2) is 0 Å². The minimum Gasteiger partial charge on any atom is -0.379 e. The van der Waals surface area contributed by atoms with Crippen LogP contribution >= 0.6 is 22.6 Å². The fourth-order valence-corrected chi connectivity index (χ4v) is 2.03. The van der Waals surface area contributed by atoms with Crippen molar-refractivity contribution < 1.29 is 0 Å². The zero-order valence-corrected chi connectivity index (χ0v) is 11.2. The number of pyridine rings is 1. The van der Waals surface area contributed by atoms with Crippen LogP contribution in [-0.2, 0) is 6.54 Å². The number of aromatic nitrogens is 1. The fraction of sp³-hybridized carbons (Fsp3) is 0.154. The highest BCUT2D eigenvalue weighted by Crippen LogP contribution is 2.13. The minimum atomic E-state index is 0.766. The summed E-state index contributed by atoms with van der Waals surface area (Å²) in [6.45, 7) is 2.77. The first-order valence-corrected chi connectivity index (χ1v) is 6.24. The molecule has 2 rings (SSSR count). The normalized spacial score (nSPS) is 10.1. The Balaban J connectivity index is 2.02. The van der Waals surface area contributed by atoms with Crippen molar-refractivity contribution in [1.82, 2.24) is 4.98 Å². The second-order valence-corrected chi connectivity index (χ2v) is 4.88. The van der Waals surface area contributed by atoms with E-state index in [0.29, 0.717) is 0 Å². The van der Waals surface area contributed by atoms with Gasteiger partial charge in [-0.25, -0.2) is 0 Å². The van der Waals surface area contributed by atoms with Crippen molar-refractivity contribution in [2.45, 2.75) is 13.5 Å². The molecule has 0 aliphatic carbocycles. The number of hydrogen-bond donors (Lipinski definition) is 1. The number of halogens is 1. The highest BCUT2D eigenvalue weighted by molar-refractivity contribution is 14.1.